The van der Waals surface area contributed by atoms with Gasteiger partial charge in [0.05, 0.1) is 17.6 Å². The van der Waals surface area contributed by atoms with Crippen LogP contribution in [0.2, 0.25) is 0 Å². The van der Waals surface area contributed by atoms with Crippen LogP contribution in [0.5, 0.6) is 0 Å². The van der Waals surface area contributed by atoms with Crippen LogP contribution in [0.3, 0.4) is 0 Å². The first-order valence-corrected chi connectivity index (χ1v) is 7.65. The van der Waals surface area contributed by atoms with E-state index in [0.29, 0.717) is 6.04 Å². The Labute approximate surface area is 124 Å². The highest BCUT2D eigenvalue weighted by Crippen LogP contribution is 2.29. The largest absolute Gasteiger partial charge is 0.341 e. The molecule has 3 nitrogen and oxygen atoms in total. The summed E-state index contributed by atoms with van der Waals surface area (Å²) < 4.78 is 0. The second-order valence-electron chi connectivity index (χ2n) is 5.73. The lowest BCUT2D eigenvalue weighted by Crippen LogP contribution is -2.25. The van der Waals surface area contributed by atoms with E-state index < -0.39 is 0 Å². The molecule has 4 rings (SSSR count). The van der Waals surface area contributed by atoms with E-state index in [-0.39, 0.29) is 0 Å². The number of H-pyrrole nitrogens is 1. The second-order valence-corrected chi connectivity index (χ2v) is 5.73. The molecule has 1 aliphatic rings. The van der Waals surface area contributed by atoms with Gasteiger partial charge in [-0.15, -0.1) is 0 Å². The number of fused-ring (bicyclic) bond motifs is 2. The van der Waals surface area contributed by atoms with Gasteiger partial charge in [0, 0.05) is 6.04 Å². The molecule has 0 fully saturated rings. The van der Waals surface area contributed by atoms with Crippen LogP contribution in [0.25, 0.3) is 11.0 Å². The van der Waals surface area contributed by atoms with Crippen LogP contribution in [-0.4, -0.2) is 9.97 Å². The molecule has 1 unspecified atom stereocenters. The highest BCUT2D eigenvalue weighted by Gasteiger charge is 2.19. The van der Waals surface area contributed by atoms with Crippen molar-refractivity contribution in [1.29, 1.82) is 0 Å². The Morgan fingerprint density at radius 2 is 1.95 bits per heavy atom. The van der Waals surface area contributed by atoms with E-state index in [0.717, 1.165) is 23.4 Å². The molecule has 1 aromatic heterocycles. The van der Waals surface area contributed by atoms with Crippen molar-refractivity contribution >= 4 is 11.0 Å². The fraction of sp³-hybridized carbons (Fsp3) is 0.278. The van der Waals surface area contributed by atoms with E-state index >= 15 is 0 Å². The van der Waals surface area contributed by atoms with E-state index in [9.17, 15) is 0 Å². The Hall–Kier alpha value is -2.13. The summed E-state index contributed by atoms with van der Waals surface area (Å²) in [5, 5.41) is 3.66. The van der Waals surface area contributed by atoms with Gasteiger partial charge < -0.3 is 10.3 Å². The third-order valence-electron chi connectivity index (χ3n) is 4.32. The van der Waals surface area contributed by atoms with Gasteiger partial charge in [-0.3, -0.25) is 0 Å². The van der Waals surface area contributed by atoms with Crippen LogP contribution in [-0.2, 0) is 13.0 Å². The maximum atomic E-state index is 4.64. The van der Waals surface area contributed by atoms with Crippen molar-refractivity contribution in [3.8, 4) is 0 Å². The first-order valence-electron chi connectivity index (χ1n) is 7.65. The van der Waals surface area contributed by atoms with E-state index in [4.69, 9.17) is 0 Å². The third kappa shape index (κ3) is 2.45. The first kappa shape index (κ1) is 12.6. The van der Waals surface area contributed by atoms with E-state index in [1.54, 1.807) is 0 Å². The molecular weight excluding hydrogens is 258 g/mol. The zero-order chi connectivity index (χ0) is 14.1. The van der Waals surface area contributed by atoms with Crippen molar-refractivity contribution < 1.29 is 0 Å². The summed E-state index contributed by atoms with van der Waals surface area (Å²) in [7, 11) is 0. The predicted molar refractivity (Wildman–Crippen MR) is 85.1 cm³/mol. The molecule has 0 saturated heterocycles. The van der Waals surface area contributed by atoms with Crippen LogP contribution in [0, 0.1) is 0 Å². The van der Waals surface area contributed by atoms with E-state index in [1.165, 1.54) is 30.4 Å². The minimum Gasteiger partial charge on any atom is -0.341 e. The normalized spacial score (nSPS) is 17.8. The molecule has 0 saturated carbocycles. The van der Waals surface area contributed by atoms with E-state index in [1.807, 2.05) is 18.2 Å². The maximum absolute atomic E-state index is 4.64. The zero-order valence-electron chi connectivity index (χ0n) is 12.0. The van der Waals surface area contributed by atoms with Gasteiger partial charge in [-0.05, 0) is 42.5 Å². The fourth-order valence-corrected chi connectivity index (χ4v) is 3.28. The third-order valence-corrected chi connectivity index (χ3v) is 4.32. The Kier molecular flexibility index (Phi) is 3.20. The molecule has 3 aromatic rings. The average Bonchev–Trinajstić information content (AvgIpc) is 2.96. The molecule has 106 valence electrons. The number of para-hydroxylation sites is 2. The second kappa shape index (κ2) is 5.34. The van der Waals surface area contributed by atoms with Gasteiger partial charge in [0.15, 0.2) is 0 Å². The standard InChI is InChI=1S/C18H19N3/c1-2-8-14-13(6-1)7-5-11-15(14)19-12-18-20-16-9-3-4-10-17(16)21-18/h1-4,6,8-10,15,19H,5,7,11-12H2,(H,20,21). The Morgan fingerprint density at radius 3 is 2.90 bits per heavy atom. The lowest BCUT2D eigenvalue weighted by molar-refractivity contribution is 0.454. The number of aromatic amines is 1. The van der Waals surface area contributed by atoms with Gasteiger partial charge in [-0.2, -0.15) is 0 Å². The molecule has 2 N–H and O–H groups in total. The average molecular weight is 277 g/mol. The monoisotopic (exact) mass is 277 g/mol. The summed E-state index contributed by atoms with van der Waals surface area (Å²) in [6.07, 6.45) is 3.67. The highest BCUT2D eigenvalue weighted by atomic mass is 15.0. The number of benzene rings is 2. The number of imidazole rings is 1. The van der Waals surface area contributed by atoms with Crippen molar-refractivity contribution in [3.05, 3.63) is 65.5 Å². The molecule has 0 bridgehead atoms. The Bertz CT molecular complexity index is 727. The molecular formula is C18H19N3. The summed E-state index contributed by atoms with van der Waals surface area (Å²) >= 11 is 0. The minimum atomic E-state index is 0.447. The zero-order valence-corrected chi connectivity index (χ0v) is 12.0. The van der Waals surface area contributed by atoms with Crippen LogP contribution < -0.4 is 5.32 Å². The number of hydrogen-bond donors (Lipinski definition) is 2. The summed E-state index contributed by atoms with van der Waals surface area (Å²) in [6.45, 7) is 0.785. The molecule has 0 aliphatic heterocycles. The van der Waals surface area contributed by atoms with Crippen molar-refractivity contribution in [1.82, 2.24) is 15.3 Å². The summed E-state index contributed by atoms with van der Waals surface area (Å²) in [4.78, 5) is 8.02. The summed E-state index contributed by atoms with van der Waals surface area (Å²) in [5.41, 5.74) is 5.10. The number of rotatable bonds is 3. The molecule has 1 atom stereocenters. The van der Waals surface area contributed by atoms with Gasteiger partial charge in [0.25, 0.3) is 0 Å². The van der Waals surface area contributed by atoms with Crippen LogP contribution in [0.1, 0.15) is 35.8 Å². The lowest BCUT2D eigenvalue weighted by atomic mass is 9.88. The van der Waals surface area contributed by atoms with Crippen LogP contribution >= 0.6 is 0 Å². The molecule has 2 aromatic carbocycles. The quantitative estimate of drug-likeness (QED) is 0.766. The first-order chi connectivity index (χ1) is 10.4. The van der Waals surface area contributed by atoms with Gasteiger partial charge in [-0.25, -0.2) is 4.98 Å². The van der Waals surface area contributed by atoms with Crippen molar-refractivity contribution in [2.45, 2.75) is 31.8 Å². The maximum Gasteiger partial charge on any atom is 0.121 e. The van der Waals surface area contributed by atoms with Gasteiger partial charge in [0.2, 0.25) is 0 Å². The fourth-order valence-electron chi connectivity index (χ4n) is 3.28. The van der Waals surface area contributed by atoms with Gasteiger partial charge in [0.1, 0.15) is 5.82 Å². The minimum absolute atomic E-state index is 0.447. The molecule has 0 amide bonds. The van der Waals surface area contributed by atoms with Crippen LogP contribution in [0.4, 0.5) is 0 Å². The number of aromatic nitrogens is 2. The smallest absolute Gasteiger partial charge is 0.121 e. The number of aryl methyl sites for hydroxylation is 1. The molecule has 0 spiro atoms. The van der Waals surface area contributed by atoms with Gasteiger partial charge in [-0.1, -0.05) is 36.4 Å². The number of hydrogen-bond acceptors (Lipinski definition) is 2. The Balaban J connectivity index is 1.52. The van der Waals surface area contributed by atoms with Crippen LogP contribution in [0.15, 0.2) is 48.5 Å². The lowest BCUT2D eigenvalue weighted by Gasteiger charge is -2.26. The SMILES string of the molecule is c1ccc2c(c1)CCCC2NCc1nc2ccccc2[nH]1. The van der Waals surface area contributed by atoms with Crippen molar-refractivity contribution in [2.24, 2.45) is 0 Å². The van der Waals surface area contributed by atoms with Gasteiger partial charge >= 0.3 is 0 Å². The number of nitrogens with one attached hydrogen (secondary N) is 2. The molecule has 1 aliphatic carbocycles. The summed E-state index contributed by atoms with van der Waals surface area (Å²) in [6, 6.07) is 17.4. The molecule has 21 heavy (non-hydrogen) atoms. The van der Waals surface area contributed by atoms with E-state index in [2.05, 4.69) is 45.6 Å². The predicted octanol–water partition coefficient (Wildman–Crippen LogP) is 3.73. The van der Waals surface area contributed by atoms with Crippen molar-refractivity contribution in [2.75, 3.05) is 0 Å². The summed E-state index contributed by atoms with van der Waals surface area (Å²) in [5.74, 6) is 1.01. The molecule has 3 heteroatoms. The number of nitrogens with zero attached hydrogens (tertiary/aromatic N) is 1. The highest BCUT2D eigenvalue weighted by molar-refractivity contribution is 5.74. The van der Waals surface area contributed by atoms with Crippen molar-refractivity contribution in [3.63, 3.8) is 0 Å². The molecule has 1 heterocycles. The topological polar surface area (TPSA) is 40.7 Å². The Morgan fingerprint density at radius 1 is 1.10 bits per heavy atom. The molecule has 0 radical (unpaired) electrons.